The van der Waals surface area contributed by atoms with Gasteiger partial charge in [0.15, 0.2) is 0 Å². The number of allylic oxidation sites excluding steroid dienone is 2. The molecular weight excluding hydrogens is 116 g/mol. The summed E-state index contributed by atoms with van der Waals surface area (Å²) in [5.41, 5.74) is 0.696. The van der Waals surface area contributed by atoms with Crippen LogP contribution in [0.3, 0.4) is 0 Å². The molecule has 2 nitrogen and oxygen atoms in total. The lowest BCUT2D eigenvalue weighted by molar-refractivity contribution is -0.107. The van der Waals surface area contributed by atoms with Gasteiger partial charge in [-0.2, -0.15) is 0 Å². The smallest absolute Gasteiger partial charge is 0.145 e. The fourth-order valence-corrected chi connectivity index (χ4v) is 0.497. The number of aldehydes is 2. The van der Waals surface area contributed by atoms with Crippen molar-refractivity contribution in [3.63, 3.8) is 0 Å². The maximum atomic E-state index is 10.1. The molecule has 0 aromatic heterocycles. The average molecular weight is 126 g/mol. The van der Waals surface area contributed by atoms with Crippen molar-refractivity contribution in [2.45, 2.75) is 19.8 Å². The van der Waals surface area contributed by atoms with Crippen LogP contribution in [0.25, 0.3) is 0 Å². The van der Waals surface area contributed by atoms with E-state index in [1.165, 1.54) is 0 Å². The topological polar surface area (TPSA) is 34.1 Å². The Balaban J connectivity index is 3.57. The van der Waals surface area contributed by atoms with Crippen molar-refractivity contribution >= 4 is 12.6 Å². The molecular formula is C7H10O2. The molecule has 0 atom stereocenters. The van der Waals surface area contributed by atoms with Crippen LogP contribution in [-0.4, -0.2) is 12.6 Å². The highest BCUT2D eigenvalue weighted by molar-refractivity contribution is 5.73. The molecule has 0 N–H and O–H groups in total. The van der Waals surface area contributed by atoms with Crippen LogP contribution in [-0.2, 0) is 9.59 Å². The van der Waals surface area contributed by atoms with Gasteiger partial charge < -0.3 is 4.79 Å². The highest BCUT2D eigenvalue weighted by Gasteiger charge is 1.90. The van der Waals surface area contributed by atoms with Crippen LogP contribution in [0.2, 0.25) is 0 Å². The fourth-order valence-electron chi connectivity index (χ4n) is 0.497. The summed E-state index contributed by atoms with van der Waals surface area (Å²) in [7, 11) is 0. The van der Waals surface area contributed by atoms with E-state index in [0.29, 0.717) is 18.4 Å². The van der Waals surface area contributed by atoms with Crippen LogP contribution in [0.1, 0.15) is 19.8 Å². The maximum absolute atomic E-state index is 10.1. The van der Waals surface area contributed by atoms with E-state index >= 15 is 0 Å². The van der Waals surface area contributed by atoms with E-state index in [9.17, 15) is 9.59 Å². The summed E-state index contributed by atoms with van der Waals surface area (Å²) in [4.78, 5) is 19.9. The number of carbonyl (C=O) groups excluding carboxylic acids is 2. The van der Waals surface area contributed by atoms with Gasteiger partial charge in [0.05, 0.1) is 0 Å². The second-order valence-electron chi connectivity index (χ2n) is 1.69. The molecule has 0 aliphatic rings. The van der Waals surface area contributed by atoms with Gasteiger partial charge in [0.2, 0.25) is 0 Å². The number of hydrogen-bond donors (Lipinski definition) is 0. The molecule has 0 aliphatic carbocycles. The van der Waals surface area contributed by atoms with Crippen LogP contribution in [0.15, 0.2) is 11.6 Å². The fraction of sp³-hybridized carbons (Fsp3) is 0.429. The molecule has 0 spiro atoms. The lowest BCUT2D eigenvalue weighted by Crippen LogP contribution is -1.84. The van der Waals surface area contributed by atoms with E-state index in [2.05, 4.69) is 0 Å². The molecule has 0 amide bonds. The quantitative estimate of drug-likeness (QED) is 0.417. The van der Waals surface area contributed by atoms with Crippen molar-refractivity contribution in [2.24, 2.45) is 0 Å². The second-order valence-corrected chi connectivity index (χ2v) is 1.69. The van der Waals surface area contributed by atoms with Crippen molar-refractivity contribution < 1.29 is 9.59 Å². The molecule has 50 valence electrons. The van der Waals surface area contributed by atoms with Gasteiger partial charge in [0.1, 0.15) is 12.6 Å². The van der Waals surface area contributed by atoms with Gasteiger partial charge in [0.25, 0.3) is 0 Å². The number of rotatable bonds is 4. The largest absolute Gasteiger partial charge is 0.303 e. The predicted octanol–water partition coefficient (Wildman–Crippen LogP) is 1.11. The van der Waals surface area contributed by atoms with Gasteiger partial charge in [-0.15, -0.1) is 0 Å². The lowest BCUT2D eigenvalue weighted by Gasteiger charge is -1.89. The van der Waals surface area contributed by atoms with E-state index in [0.717, 1.165) is 12.6 Å². The molecule has 0 aliphatic heterocycles. The Labute approximate surface area is 54.6 Å². The molecule has 0 aromatic carbocycles. The summed E-state index contributed by atoms with van der Waals surface area (Å²) in [5.74, 6) is 0. The van der Waals surface area contributed by atoms with E-state index < -0.39 is 0 Å². The standard InChI is InChI=1S/C7H10O2/c1-2-7(6-9)4-3-5-8/h2,5-6H,3-4H2,1H3. The van der Waals surface area contributed by atoms with Crippen molar-refractivity contribution in [1.29, 1.82) is 0 Å². The van der Waals surface area contributed by atoms with Gasteiger partial charge in [0, 0.05) is 6.42 Å². The summed E-state index contributed by atoms with van der Waals surface area (Å²) in [6.45, 7) is 1.79. The van der Waals surface area contributed by atoms with Crippen LogP contribution in [0, 0.1) is 0 Å². The van der Waals surface area contributed by atoms with E-state index in [4.69, 9.17) is 0 Å². The number of carbonyl (C=O) groups is 2. The lowest BCUT2D eigenvalue weighted by atomic mass is 10.2. The van der Waals surface area contributed by atoms with E-state index in [-0.39, 0.29) is 0 Å². The molecule has 0 rings (SSSR count). The monoisotopic (exact) mass is 126 g/mol. The Morgan fingerprint density at radius 3 is 2.44 bits per heavy atom. The predicted molar refractivity (Wildman–Crippen MR) is 35.1 cm³/mol. The third-order valence-corrected chi connectivity index (χ3v) is 1.07. The van der Waals surface area contributed by atoms with E-state index in [1.54, 1.807) is 13.0 Å². The molecule has 0 saturated carbocycles. The molecule has 0 saturated heterocycles. The Hall–Kier alpha value is -0.920. The van der Waals surface area contributed by atoms with Gasteiger partial charge >= 0.3 is 0 Å². The summed E-state index contributed by atoms with van der Waals surface area (Å²) in [5, 5.41) is 0. The summed E-state index contributed by atoms with van der Waals surface area (Å²) < 4.78 is 0. The molecule has 0 aromatic rings. The zero-order chi connectivity index (χ0) is 7.11. The van der Waals surface area contributed by atoms with Crippen LogP contribution in [0.4, 0.5) is 0 Å². The molecule has 0 unspecified atom stereocenters. The Bertz CT molecular complexity index is 125. The zero-order valence-corrected chi connectivity index (χ0v) is 5.46. The average Bonchev–Trinajstić information content (AvgIpc) is 1.91. The molecule has 2 heteroatoms. The molecule has 0 radical (unpaired) electrons. The SMILES string of the molecule is CC=C(C=O)CCC=O. The Morgan fingerprint density at radius 1 is 1.44 bits per heavy atom. The third-order valence-electron chi connectivity index (χ3n) is 1.07. The molecule has 0 fully saturated rings. The van der Waals surface area contributed by atoms with Crippen molar-refractivity contribution in [3.8, 4) is 0 Å². The zero-order valence-electron chi connectivity index (χ0n) is 5.46. The number of hydrogen-bond acceptors (Lipinski definition) is 2. The normalized spacial score (nSPS) is 11.0. The van der Waals surface area contributed by atoms with Gasteiger partial charge in [-0.1, -0.05) is 6.08 Å². The van der Waals surface area contributed by atoms with Crippen LogP contribution in [0.5, 0.6) is 0 Å². The first kappa shape index (κ1) is 8.08. The summed E-state index contributed by atoms with van der Waals surface area (Å²) in [6, 6.07) is 0. The van der Waals surface area contributed by atoms with Gasteiger partial charge in [-0.3, -0.25) is 4.79 Å². The first-order valence-corrected chi connectivity index (χ1v) is 2.89. The second kappa shape index (κ2) is 5.22. The Morgan fingerprint density at radius 2 is 2.11 bits per heavy atom. The first-order chi connectivity index (χ1) is 4.35. The third kappa shape index (κ3) is 3.64. The minimum atomic E-state index is 0.443. The van der Waals surface area contributed by atoms with E-state index in [1.807, 2.05) is 0 Å². The Kier molecular flexibility index (Phi) is 4.69. The highest BCUT2D eigenvalue weighted by atomic mass is 16.1. The van der Waals surface area contributed by atoms with Gasteiger partial charge in [-0.05, 0) is 18.9 Å². The molecule has 9 heavy (non-hydrogen) atoms. The van der Waals surface area contributed by atoms with Crippen molar-refractivity contribution in [2.75, 3.05) is 0 Å². The summed E-state index contributed by atoms with van der Waals surface area (Å²) >= 11 is 0. The van der Waals surface area contributed by atoms with Crippen LogP contribution >= 0.6 is 0 Å². The highest BCUT2D eigenvalue weighted by Crippen LogP contribution is 1.98. The first-order valence-electron chi connectivity index (χ1n) is 2.89. The van der Waals surface area contributed by atoms with Crippen molar-refractivity contribution in [1.82, 2.24) is 0 Å². The van der Waals surface area contributed by atoms with Crippen LogP contribution < -0.4 is 0 Å². The summed E-state index contributed by atoms with van der Waals surface area (Å²) in [6.07, 6.45) is 4.33. The van der Waals surface area contributed by atoms with Gasteiger partial charge in [-0.25, -0.2) is 0 Å². The molecule has 0 heterocycles. The van der Waals surface area contributed by atoms with Crippen molar-refractivity contribution in [3.05, 3.63) is 11.6 Å². The minimum absolute atomic E-state index is 0.443. The minimum Gasteiger partial charge on any atom is -0.303 e. The molecule has 0 bridgehead atoms. The maximum Gasteiger partial charge on any atom is 0.145 e.